The Balaban J connectivity index is 1.50. The van der Waals surface area contributed by atoms with Gasteiger partial charge in [0.05, 0.1) is 30.0 Å². The molecule has 8 nitrogen and oxygen atoms in total. The first-order valence-electron chi connectivity index (χ1n) is 12.7. The van der Waals surface area contributed by atoms with Gasteiger partial charge in [0.2, 0.25) is 0 Å². The minimum Gasteiger partial charge on any atom is -0.491 e. The molecule has 9 heteroatoms. The predicted octanol–water partition coefficient (Wildman–Crippen LogP) is 4.26. The lowest BCUT2D eigenvalue weighted by molar-refractivity contribution is 0.0520. The first-order valence-corrected chi connectivity index (χ1v) is 13.1. The minimum absolute atomic E-state index is 0.0421. The van der Waals surface area contributed by atoms with Crippen LogP contribution in [0, 0.1) is 13.8 Å². The molecule has 0 amide bonds. The molecule has 198 valence electrons. The number of benzene rings is 2. The van der Waals surface area contributed by atoms with Crippen LogP contribution in [0.5, 0.6) is 5.75 Å². The van der Waals surface area contributed by atoms with Crippen LogP contribution in [0.25, 0.3) is 0 Å². The van der Waals surface area contributed by atoms with E-state index in [1.807, 2.05) is 29.7 Å². The molecule has 0 aliphatic carbocycles. The molecule has 2 heterocycles. The number of nitrogens with zero attached hydrogens (tertiary/aromatic N) is 4. The van der Waals surface area contributed by atoms with E-state index in [0.29, 0.717) is 23.1 Å². The second-order valence-corrected chi connectivity index (χ2v) is 9.60. The van der Waals surface area contributed by atoms with Crippen LogP contribution in [0.15, 0.2) is 48.7 Å². The third kappa shape index (κ3) is 6.63. The molecule has 0 spiro atoms. The first kappa shape index (κ1) is 27.0. The summed E-state index contributed by atoms with van der Waals surface area (Å²) in [6, 6.07) is 14.5. The number of piperazine rings is 1. The molecule has 1 fully saturated rings. The summed E-state index contributed by atoms with van der Waals surface area (Å²) >= 11 is 6.72. The van der Waals surface area contributed by atoms with Crippen LogP contribution in [0.1, 0.15) is 40.4 Å². The number of anilines is 1. The fourth-order valence-electron chi connectivity index (χ4n) is 4.67. The number of aryl methyl sites for hydroxylation is 2. The summed E-state index contributed by atoms with van der Waals surface area (Å²) in [5.74, 6) is 1.06. The molecule has 1 saturated heterocycles. The Bertz CT molecular complexity index is 1200. The van der Waals surface area contributed by atoms with E-state index in [1.54, 1.807) is 13.1 Å². The summed E-state index contributed by atoms with van der Waals surface area (Å²) in [5, 5.41) is 9.67. The molecule has 1 aromatic heterocycles. The van der Waals surface area contributed by atoms with Crippen molar-refractivity contribution in [3.05, 3.63) is 76.3 Å². The fraction of sp³-hybridized carbons (Fsp3) is 0.429. The molecule has 1 aliphatic heterocycles. The third-order valence-corrected chi connectivity index (χ3v) is 6.94. The van der Waals surface area contributed by atoms with Crippen LogP contribution < -0.4 is 9.64 Å². The molecule has 1 atom stereocenters. The summed E-state index contributed by atoms with van der Waals surface area (Å²) in [6.07, 6.45) is 1.78. The Labute approximate surface area is 223 Å². The molecule has 0 saturated carbocycles. The van der Waals surface area contributed by atoms with Crippen LogP contribution in [0.3, 0.4) is 0 Å². The molecular weight excluding hydrogens is 492 g/mol. The number of aliphatic hydroxyl groups excluding tert-OH is 1. The van der Waals surface area contributed by atoms with Crippen LogP contribution >= 0.6 is 11.6 Å². The number of hydrogen-bond donors (Lipinski definition) is 1. The lowest BCUT2D eigenvalue weighted by Crippen LogP contribution is -2.49. The smallest absolute Gasteiger partial charge is 0.358 e. The van der Waals surface area contributed by atoms with Gasteiger partial charge in [-0.3, -0.25) is 4.90 Å². The summed E-state index contributed by atoms with van der Waals surface area (Å²) in [4.78, 5) is 21.2. The number of esters is 1. The van der Waals surface area contributed by atoms with Crippen molar-refractivity contribution in [1.29, 1.82) is 0 Å². The minimum atomic E-state index is -0.387. The van der Waals surface area contributed by atoms with Gasteiger partial charge >= 0.3 is 5.97 Å². The van der Waals surface area contributed by atoms with Crippen molar-refractivity contribution >= 4 is 23.3 Å². The highest BCUT2D eigenvalue weighted by atomic mass is 35.5. The summed E-state index contributed by atoms with van der Waals surface area (Å²) in [5.41, 5.74) is 3.77. The highest BCUT2D eigenvalue weighted by Crippen LogP contribution is 2.37. The third-order valence-electron chi connectivity index (χ3n) is 6.63. The molecule has 1 N–H and O–H groups in total. The number of hydrogen-bond acceptors (Lipinski definition) is 7. The monoisotopic (exact) mass is 526 g/mol. The Morgan fingerprint density at radius 1 is 1.14 bits per heavy atom. The number of aromatic nitrogens is 2. The fourth-order valence-corrected chi connectivity index (χ4v) is 4.95. The predicted molar refractivity (Wildman–Crippen MR) is 145 cm³/mol. The van der Waals surface area contributed by atoms with Gasteiger partial charge in [0.15, 0.2) is 5.69 Å². The molecule has 37 heavy (non-hydrogen) atoms. The van der Waals surface area contributed by atoms with Crippen molar-refractivity contribution in [3.63, 3.8) is 0 Å². The Morgan fingerprint density at radius 3 is 2.62 bits per heavy atom. The van der Waals surface area contributed by atoms with Crippen molar-refractivity contribution in [2.24, 2.45) is 0 Å². The van der Waals surface area contributed by atoms with Gasteiger partial charge in [-0.15, -0.1) is 0 Å². The zero-order valence-electron chi connectivity index (χ0n) is 21.7. The maximum atomic E-state index is 12.1. The van der Waals surface area contributed by atoms with E-state index in [0.717, 1.165) is 44.2 Å². The average Bonchev–Trinajstić information content (AvgIpc) is 3.27. The SMILES string of the molecule is CCOC(=O)c1cn(CCN2CCN(c3ccc(OCCO)cc3Cl)C(c3ccc(C)cc3)C2)c(C)n1. The van der Waals surface area contributed by atoms with Gasteiger partial charge in [-0.25, -0.2) is 9.78 Å². The Kier molecular flexibility index (Phi) is 9.08. The molecule has 1 aliphatic rings. The van der Waals surface area contributed by atoms with E-state index in [-0.39, 0.29) is 25.2 Å². The molecule has 0 radical (unpaired) electrons. The van der Waals surface area contributed by atoms with E-state index in [2.05, 4.69) is 46.0 Å². The van der Waals surface area contributed by atoms with E-state index in [9.17, 15) is 4.79 Å². The number of rotatable bonds is 10. The van der Waals surface area contributed by atoms with Crippen LogP contribution in [-0.4, -0.2) is 71.5 Å². The van der Waals surface area contributed by atoms with Crippen molar-refractivity contribution in [1.82, 2.24) is 14.5 Å². The molecular formula is C28H35ClN4O4. The van der Waals surface area contributed by atoms with Gasteiger partial charge in [0.1, 0.15) is 18.2 Å². The average molecular weight is 527 g/mol. The van der Waals surface area contributed by atoms with Gasteiger partial charge in [-0.1, -0.05) is 41.4 Å². The Hall–Kier alpha value is -3.07. The lowest BCUT2D eigenvalue weighted by Gasteiger charge is -2.43. The molecule has 2 aromatic carbocycles. The number of ether oxygens (including phenoxy) is 2. The number of halogens is 1. The van der Waals surface area contributed by atoms with E-state index in [1.165, 1.54) is 11.1 Å². The Morgan fingerprint density at radius 2 is 1.92 bits per heavy atom. The summed E-state index contributed by atoms with van der Waals surface area (Å²) in [7, 11) is 0. The normalized spacial score (nSPS) is 16.1. The van der Waals surface area contributed by atoms with Crippen molar-refractivity contribution in [2.45, 2.75) is 33.4 Å². The van der Waals surface area contributed by atoms with Crippen molar-refractivity contribution in [3.8, 4) is 5.75 Å². The first-order chi connectivity index (χ1) is 17.9. The van der Waals surface area contributed by atoms with Gasteiger partial charge < -0.3 is 24.0 Å². The lowest BCUT2D eigenvalue weighted by atomic mass is 10.00. The van der Waals surface area contributed by atoms with E-state index in [4.69, 9.17) is 26.2 Å². The van der Waals surface area contributed by atoms with Gasteiger partial charge in [0.25, 0.3) is 0 Å². The molecule has 3 aromatic rings. The summed E-state index contributed by atoms with van der Waals surface area (Å²) < 4.78 is 12.6. The van der Waals surface area contributed by atoms with E-state index >= 15 is 0 Å². The maximum absolute atomic E-state index is 12.1. The van der Waals surface area contributed by atoms with Crippen molar-refractivity contribution < 1.29 is 19.4 Å². The van der Waals surface area contributed by atoms with Crippen molar-refractivity contribution in [2.75, 3.05) is 50.9 Å². The zero-order chi connectivity index (χ0) is 26.4. The van der Waals surface area contributed by atoms with Gasteiger partial charge in [-0.05, 0) is 38.5 Å². The van der Waals surface area contributed by atoms with Crippen LogP contribution in [-0.2, 0) is 11.3 Å². The molecule has 0 bridgehead atoms. The summed E-state index contributed by atoms with van der Waals surface area (Å²) in [6.45, 7) is 10.4. The second kappa shape index (κ2) is 12.4. The molecule has 1 unspecified atom stereocenters. The number of aliphatic hydroxyl groups is 1. The highest BCUT2D eigenvalue weighted by molar-refractivity contribution is 6.33. The van der Waals surface area contributed by atoms with Crippen LogP contribution in [0.2, 0.25) is 5.02 Å². The highest BCUT2D eigenvalue weighted by Gasteiger charge is 2.30. The topological polar surface area (TPSA) is 80.1 Å². The maximum Gasteiger partial charge on any atom is 0.358 e. The number of carbonyl (C=O) groups is 1. The molecule has 4 rings (SSSR count). The van der Waals surface area contributed by atoms with Gasteiger partial charge in [-0.2, -0.15) is 0 Å². The van der Waals surface area contributed by atoms with E-state index < -0.39 is 0 Å². The largest absolute Gasteiger partial charge is 0.491 e. The van der Waals surface area contributed by atoms with Gasteiger partial charge in [0, 0.05) is 45.0 Å². The quantitative estimate of drug-likeness (QED) is 0.395. The zero-order valence-corrected chi connectivity index (χ0v) is 22.4. The second-order valence-electron chi connectivity index (χ2n) is 9.19. The number of imidazole rings is 1. The number of carbonyl (C=O) groups excluding carboxylic acids is 1. The van der Waals surface area contributed by atoms with Crippen LogP contribution in [0.4, 0.5) is 5.69 Å². The standard InChI is InChI=1S/C28H35ClN4O4/c1-4-36-28(35)25-18-32(21(3)30-25)13-11-31-12-14-33(27(19-31)22-7-5-20(2)6-8-22)26-10-9-23(17-24(26)29)37-16-15-34/h5-10,17-18,27,34H,4,11-16,19H2,1-3H3.